The summed E-state index contributed by atoms with van der Waals surface area (Å²) in [6, 6.07) is 18.7. The Kier molecular flexibility index (Phi) is 24.0. The number of nitrogens with zero attached hydrogens (tertiary/aromatic N) is 18. The summed E-state index contributed by atoms with van der Waals surface area (Å²) in [5.74, 6) is -12.8. The van der Waals surface area contributed by atoms with E-state index in [9.17, 15) is 41.3 Å². The first-order chi connectivity index (χ1) is 56.9. The van der Waals surface area contributed by atoms with Gasteiger partial charge in [0.05, 0.1) is 0 Å². The van der Waals surface area contributed by atoms with Crippen LogP contribution >= 0.6 is 0 Å². The van der Waals surface area contributed by atoms with E-state index in [1.807, 2.05) is 19.9 Å². The van der Waals surface area contributed by atoms with Crippen molar-refractivity contribution in [1.29, 1.82) is 21.0 Å². The van der Waals surface area contributed by atoms with Crippen LogP contribution in [0.3, 0.4) is 0 Å². The Morgan fingerprint density at radius 1 is 0.333 bits per heavy atom. The van der Waals surface area contributed by atoms with Gasteiger partial charge in [-0.2, -0.15) is 0 Å². The number of halogens is 8. The number of hydrogen-bond donors (Lipinski definition) is 2. The molecule has 0 saturated heterocycles. The Hall–Kier alpha value is -11.7. The van der Waals surface area contributed by atoms with Gasteiger partial charge in [0.1, 0.15) is 0 Å². The summed E-state index contributed by atoms with van der Waals surface area (Å²) in [6.45, 7) is 0. The van der Waals surface area contributed by atoms with Crippen LogP contribution in [0.4, 0.5) is 103 Å². The van der Waals surface area contributed by atoms with Crippen molar-refractivity contribution in [3.05, 3.63) is 140 Å². The van der Waals surface area contributed by atoms with Crippen molar-refractivity contribution in [2.24, 2.45) is 9.98 Å². The van der Waals surface area contributed by atoms with Crippen LogP contribution in [0.5, 0.6) is 0 Å². The zero-order chi connectivity index (χ0) is 87.3. The van der Waals surface area contributed by atoms with E-state index in [4.69, 9.17) is 9.97 Å². The van der Waals surface area contributed by atoms with Crippen LogP contribution in [-0.2, 0) is 0 Å². The molecule has 38 heteroatoms. The monoisotopic (exact) mass is 2020 g/mol. The number of aliphatic imine (C=N–C) groups is 2. The van der Waals surface area contributed by atoms with Gasteiger partial charge in [-0.25, -0.2) is 0 Å². The number of nitro benzene ring substituents is 2. The molecule has 24 nitrogen and oxygen atoms in total. The molecule has 0 saturated carbocycles. The SMILES string of the molecule is CN(C)c1cc(-c2c3nc(c(-c4cc(N(C)C)cc(N(C)C)c4)c4[nH]c(c(-c5cc(N(C)C)cc(N(C)C)c5)c5nc(c(-c6cc(N(C)C)cc(N(C)C)c6)c6[nH]c2c2c(F)c([Se]C#N)c([Se]C#N)c(F)c62)-c2c(F)c([Se]C#N)c([Se]C#N)c(F)c2-5)c2c(F)c([N+](=O)[O-])c([N+](=O)[O-])c(F)c42)-c2c(F)c(N=C=[Se])c(N=C=[Se])c(F)c2-3)cc(N(C)C)c1. The average Bonchev–Trinajstić information content (AvgIpc) is 1.53. The van der Waals surface area contributed by atoms with Gasteiger partial charge in [-0.1, -0.05) is 0 Å². The zero-order valence-electron chi connectivity index (χ0n) is 66.1. The molecule has 4 heterocycles. The van der Waals surface area contributed by atoms with Crippen LogP contribution in [0.15, 0.2) is 82.8 Å². The van der Waals surface area contributed by atoms with E-state index in [0.29, 0.717) is 22.7 Å². The predicted octanol–water partition coefficient (Wildman–Crippen LogP) is 12.1. The van der Waals surface area contributed by atoms with E-state index in [0.717, 1.165) is 0 Å². The molecule has 2 aliphatic heterocycles. The van der Waals surface area contributed by atoms with Crippen molar-refractivity contribution in [1.82, 2.24) is 19.9 Å². The molecular weight excluding hydrogens is 1950 g/mol. The molecule has 0 radical (unpaired) electrons. The number of hydrogen-bond acceptors (Lipinski definition) is 20. The first kappa shape index (κ1) is 86.1. The van der Waals surface area contributed by atoms with E-state index in [1.54, 1.807) is 176 Å². The first-order valence-corrected chi connectivity index (χ1v) is 43.9. The maximum atomic E-state index is 20.0. The summed E-state index contributed by atoms with van der Waals surface area (Å²) in [5.41, 5.74) is -15.9. The van der Waals surface area contributed by atoms with Crippen LogP contribution in [0, 0.1) is 108 Å². The quantitative estimate of drug-likeness (QED) is 0.0236. The van der Waals surface area contributed by atoms with Gasteiger partial charge < -0.3 is 0 Å². The first-order valence-electron chi connectivity index (χ1n) is 35.3. The van der Waals surface area contributed by atoms with Crippen LogP contribution in [0.1, 0.15) is 0 Å². The number of nitrogens with one attached hydrogen (secondary N) is 2. The minimum atomic E-state index is -2.13. The second kappa shape index (κ2) is 33.5. The molecule has 0 spiro atoms. The van der Waals surface area contributed by atoms with Crippen molar-refractivity contribution in [3.63, 3.8) is 0 Å². The summed E-state index contributed by atoms with van der Waals surface area (Å²) in [6.07, 6.45) is 0. The van der Waals surface area contributed by atoms with Crippen LogP contribution in [-0.4, -0.2) is 243 Å². The van der Waals surface area contributed by atoms with Crippen LogP contribution in [0.2, 0.25) is 0 Å². The Morgan fingerprint density at radius 3 is 0.725 bits per heavy atom. The average molecular weight is 2020 g/mol. The molecule has 120 heavy (non-hydrogen) atoms. The topological polar surface area (TPSA) is 289 Å². The molecule has 2 aromatic heterocycles. The molecule has 0 atom stereocenters. The summed E-state index contributed by atoms with van der Waals surface area (Å²) in [4.78, 5) is 71.3. The van der Waals surface area contributed by atoms with Crippen molar-refractivity contribution < 1.29 is 45.0 Å². The maximum absolute atomic E-state index is 20.0. The van der Waals surface area contributed by atoms with Gasteiger partial charge in [-0.15, -0.1) is 0 Å². The third-order valence-electron chi connectivity index (χ3n) is 20.3. The molecule has 3 aliphatic rings. The minimum absolute atomic E-state index is 0.0948. The van der Waals surface area contributed by atoms with E-state index in [2.05, 4.69) is 60.5 Å². The fraction of sp³-hybridized carbons (Fsp3) is 0.195. The van der Waals surface area contributed by atoms with Crippen molar-refractivity contribution >= 4 is 230 Å². The molecule has 0 amide bonds. The van der Waals surface area contributed by atoms with E-state index in [-0.39, 0.29) is 45.0 Å². The summed E-state index contributed by atoms with van der Waals surface area (Å²) in [5, 5.41) is 67.0. The zero-order valence-corrected chi connectivity index (χ0v) is 76.4. The summed E-state index contributed by atoms with van der Waals surface area (Å²) < 4.78 is 162. The molecule has 1 aliphatic carbocycles. The van der Waals surface area contributed by atoms with Gasteiger partial charge in [0.15, 0.2) is 0 Å². The number of anilines is 8. The van der Waals surface area contributed by atoms with Crippen molar-refractivity contribution in [2.45, 2.75) is 0 Å². The third-order valence-corrected chi connectivity index (χ3v) is 27.6. The van der Waals surface area contributed by atoms with Gasteiger partial charge in [-0.3, -0.25) is 0 Å². The number of aromatic amines is 2. The Labute approximate surface area is 721 Å². The van der Waals surface area contributed by atoms with E-state index >= 15 is 35.1 Å². The molecule has 10 aromatic rings. The number of rotatable bonds is 20. The summed E-state index contributed by atoms with van der Waals surface area (Å²) >= 11 is -2.10. The fourth-order valence-electron chi connectivity index (χ4n) is 14.7. The standard InChI is InChI=1S/C82H62F8N20O4Se6/c1-101(2)39-17-35(18-40(25-39)102(3)4)47-67-51-52(60(84)76(96-34-116)75(59(51)83)95-33-115)68(97-67)48(36-19-41(103(5)6)26-42(20-36)104(7)8)71-55-57(65(89)81(119-31-93)79(63(55)87)117-29-91)73(99-71)50(38-23-45(107(13)14)28-46(24-38)108(15)16)74-58-56(64(88)80(118-30-92)82(66(58)90)120-32-94)72(100-74)49(37-21-43(105(9)10)27-44(22-37)106(11)12)70-54-53(69(47)98-70)61(85)77(109(111)112)78(62(54)86)110(113)114/h17-28,98-99H,1-16H3. The van der Waals surface area contributed by atoms with Gasteiger partial charge in [0, 0.05) is 0 Å². The normalized spacial score (nSPS) is 11.2. The summed E-state index contributed by atoms with van der Waals surface area (Å²) in [7, 11) is 26.3. The van der Waals surface area contributed by atoms with Crippen molar-refractivity contribution in [3.8, 4) is 109 Å². The van der Waals surface area contributed by atoms with Crippen LogP contribution in [0.25, 0.3) is 133 Å². The number of H-pyrrole nitrogens is 2. The number of nitro groups is 2. The molecule has 8 bridgehead atoms. The Bertz CT molecular complexity index is 6770. The molecule has 2 N–H and O–H groups in total. The molecule has 606 valence electrons. The van der Waals surface area contributed by atoms with Gasteiger partial charge in [0.2, 0.25) is 0 Å². The molecule has 0 unspecified atom stereocenters. The van der Waals surface area contributed by atoms with Gasteiger partial charge in [-0.05, 0) is 0 Å². The van der Waals surface area contributed by atoms with E-state index in [1.165, 1.54) is 48.5 Å². The molecule has 13 rings (SSSR count). The molecule has 8 aromatic carbocycles. The van der Waals surface area contributed by atoms with E-state index < -0.39 is 268 Å². The molecule has 0 fully saturated rings. The van der Waals surface area contributed by atoms with Gasteiger partial charge >= 0.3 is 727 Å². The fourth-order valence-corrected chi connectivity index (χ4v) is 20.8. The second-order valence-corrected chi connectivity index (χ2v) is 36.3. The third kappa shape index (κ3) is 14.4. The molecular formula is C82H62F8N20O4Se6. The van der Waals surface area contributed by atoms with Gasteiger partial charge in [0.25, 0.3) is 0 Å². The Balaban J connectivity index is 1.63. The van der Waals surface area contributed by atoms with Crippen LogP contribution < -0.4 is 57.0 Å². The second-order valence-electron chi connectivity index (χ2n) is 28.9. The number of benzene rings is 8. The Morgan fingerprint density at radius 2 is 0.533 bits per heavy atom. The predicted molar refractivity (Wildman–Crippen MR) is 464 cm³/mol. The number of aromatic nitrogens is 4. The number of nitriles is 4. The van der Waals surface area contributed by atoms with Crippen molar-refractivity contribution in [2.75, 3.05) is 152 Å².